The van der Waals surface area contributed by atoms with Crippen LogP contribution in [0.3, 0.4) is 0 Å². The van der Waals surface area contributed by atoms with Crippen molar-refractivity contribution in [1.82, 2.24) is 5.32 Å². The molecule has 2 fully saturated rings. The fourth-order valence-electron chi connectivity index (χ4n) is 2.40. The maximum atomic E-state index is 12.2. The van der Waals surface area contributed by atoms with Gasteiger partial charge in [0.05, 0.1) is 13.2 Å². The van der Waals surface area contributed by atoms with E-state index in [0.29, 0.717) is 32.8 Å². The van der Waals surface area contributed by atoms with Gasteiger partial charge < -0.3 is 14.8 Å². The third-order valence-electron chi connectivity index (χ3n) is 3.25. The quantitative estimate of drug-likeness (QED) is 0.791. The third-order valence-corrected chi connectivity index (χ3v) is 3.25. The highest BCUT2D eigenvalue weighted by atomic mass is 19.4. The zero-order valence-electron chi connectivity index (χ0n) is 8.98. The molecule has 0 aromatic carbocycles. The first-order valence-electron chi connectivity index (χ1n) is 5.54. The Hall–Kier alpha value is -0.330. The lowest BCUT2D eigenvalue weighted by molar-refractivity contribution is -0.148. The number of hydrogen-bond donors (Lipinski definition) is 1. The molecule has 2 heterocycles. The summed E-state index contributed by atoms with van der Waals surface area (Å²) in [7, 11) is 0. The normalized spacial score (nSPS) is 35.8. The molecular formula is C10H16F3NO2. The predicted molar refractivity (Wildman–Crippen MR) is 51.2 cm³/mol. The molecule has 0 bridgehead atoms. The number of morpholine rings is 1. The first-order chi connectivity index (χ1) is 7.52. The van der Waals surface area contributed by atoms with E-state index in [4.69, 9.17) is 9.47 Å². The molecule has 1 spiro atoms. The number of rotatable bonds is 2. The van der Waals surface area contributed by atoms with Gasteiger partial charge in [-0.25, -0.2) is 0 Å². The van der Waals surface area contributed by atoms with Gasteiger partial charge in [-0.05, 0) is 6.42 Å². The topological polar surface area (TPSA) is 30.5 Å². The van der Waals surface area contributed by atoms with Gasteiger partial charge in [0.15, 0.2) is 0 Å². The average molecular weight is 239 g/mol. The molecular weight excluding hydrogens is 223 g/mol. The smallest absolute Gasteiger partial charge is 0.378 e. The van der Waals surface area contributed by atoms with E-state index in [2.05, 4.69) is 5.32 Å². The summed E-state index contributed by atoms with van der Waals surface area (Å²) in [6.45, 7) is 2.14. The molecule has 0 aromatic heterocycles. The van der Waals surface area contributed by atoms with Crippen molar-refractivity contribution >= 4 is 0 Å². The average Bonchev–Trinajstić information content (AvgIpc) is 2.65. The van der Waals surface area contributed by atoms with Gasteiger partial charge in [0.2, 0.25) is 0 Å². The van der Waals surface area contributed by atoms with Crippen LogP contribution in [0, 0.1) is 0 Å². The van der Waals surface area contributed by atoms with E-state index < -0.39 is 18.2 Å². The molecule has 94 valence electrons. The zero-order chi connectivity index (χ0) is 11.6. The second-order valence-corrected chi connectivity index (χ2v) is 4.38. The van der Waals surface area contributed by atoms with Crippen LogP contribution < -0.4 is 5.32 Å². The van der Waals surface area contributed by atoms with E-state index >= 15 is 0 Å². The lowest BCUT2D eigenvalue weighted by Gasteiger charge is -2.41. The van der Waals surface area contributed by atoms with Gasteiger partial charge in [0, 0.05) is 32.0 Å². The molecule has 0 saturated carbocycles. The minimum absolute atomic E-state index is 0.0624. The molecule has 0 amide bonds. The van der Waals surface area contributed by atoms with Crippen molar-refractivity contribution in [2.24, 2.45) is 0 Å². The monoisotopic (exact) mass is 239 g/mol. The van der Waals surface area contributed by atoms with Crippen LogP contribution in [0.1, 0.15) is 19.3 Å². The van der Waals surface area contributed by atoms with Crippen molar-refractivity contribution in [1.29, 1.82) is 0 Å². The Bertz CT molecular complexity index is 239. The number of hydrogen-bond acceptors (Lipinski definition) is 3. The predicted octanol–water partition coefficient (Wildman–Crippen LogP) is 1.48. The summed E-state index contributed by atoms with van der Waals surface area (Å²) < 4.78 is 47.5. The Morgan fingerprint density at radius 1 is 1.31 bits per heavy atom. The molecule has 3 nitrogen and oxygen atoms in total. The van der Waals surface area contributed by atoms with Gasteiger partial charge in [0.1, 0.15) is 5.60 Å². The van der Waals surface area contributed by atoms with Crippen molar-refractivity contribution < 1.29 is 22.6 Å². The lowest BCUT2D eigenvalue weighted by atomic mass is 9.88. The molecule has 2 rings (SSSR count). The second-order valence-electron chi connectivity index (χ2n) is 4.38. The van der Waals surface area contributed by atoms with Gasteiger partial charge in [-0.15, -0.1) is 0 Å². The number of halogens is 3. The minimum atomic E-state index is -4.10. The molecule has 0 aromatic rings. The number of ether oxygens (including phenoxy) is 2. The first-order valence-corrected chi connectivity index (χ1v) is 5.54. The van der Waals surface area contributed by atoms with E-state index in [-0.39, 0.29) is 12.5 Å². The van der Waals surface area contributed by atoms with Gasteiger partial charge >= 0.3 is 6.18 Å². The van der Waals surface area contributed by atoms with Gasteiger partial charge in [-0.1, -0.05) is 0 Å². The molecule has 0 radical (unpaired) electrons. The Labute approximate surface area is 92.3 Å². The highest BCUT2D eigenvalue weighted by Crippen LogP contribution is 2.33. The van der Waals surface area contributed by atoms with Crippen LogP contribution >= 0.6 is 0 Å². The summed E-state index contributed by atoms with van der Waals surface area (Å²) in [5.41, 5.74) is -0.524. The lowest BCUT2D eigenvalue weighted by Crippen LogP contribution is -2.58. The molecule has 16 heavy (non-hydrogen) atoms. The maximum Gasteiger partial charge on any atom is 0.389 e. The summed E-state index contributed by atoms with van der Waals surface area (Å²) in [5, 5.41) is 3.12. The Morgan fingerprint density at radius 3 is 2.75 bits per heavy atom. The van der Waals surface area contributed by atoms with Crippen molar-refractivity contribution in [2.45, 2.75) is 37.1 Å². The summed E-state index contributed by atoms with van der Waals surface area (Å²) in [6.07, 6.45) is -4.12. The standard InChI is InChI=1S/C10H16F3NO2/c11-10(12,13)2-1-8-9(3-5-15-7-9)16-6-4-14-8/h8,14H,1-7H2. The van der Waals surface area contributed by atoms with Crippen molar-refractivity contribution in [3.63, 3.8) is 0 Å². The van der Waals surface area contributed by atoms with Gasteiger partial charge in [0.25, 0.3) is 0 Å². The first kappa shape index (κ1) is 12.1. The van der Waals surface area contributed by atoms with Gasteiger partial charge in [-0.2, -0.15) is 13.2 Å². The minimum Gasteiger partial charge on any atom is -0.378 e. The second kappa shape index (κ2) is 4.50. The van der Waals surface area contributed by atoms with Crippen molar-refractivity contribution in [2.75, 3.05) is 26.4 Å². The maximum absolute atomic E-state index is 12.2. The largest absolute Gasteiger partial charge is 0.389 e. The fourth-order valence-corrected chi connectivity index (χ4v) is 2.40. The van der Waals surface area contributed by atoms with Crippen LogP contribution in [-0.2, 0) is 9.47 Å². The zero-order valence-corrected chi connectivity index (χ0v) is 8.98. The van der Waals surface area contributed by atoms with E-state index in [0.717, 1.165) is 0 Å². The highest BCUT2D eigenvalue weighted by Gasteiger charge is 2.46. The van der Waals surface area contributed by atoms with Crippen LogP contribution in [0.5, 0.6) is 0 Å². The Morgan fingerprint density at radius 2 is 2.12 bits per heavy atom. The van der Waals surface area contributed by atoms with E-state index in [9.17, 15) is 13.2 Å². The van der Waals surface area contributed by atoms with Crippen LogP contribution in [-0.4, -0.2) is 44.2 Å². The van der Waals surface area contributed by atoms with E-state index in [1.54, 1.807) is 0 Å². The summed E-state index contributed by atoms with van der Waals surface area (Å²) in [5.74, 6) is 0. The van der Waals surface area contributed by atoms with Crippen LogP contribution in [0.4, 0.5) is 13.2 Å². The molecule has 2 atom stereocenters. The fraction of sp³-hybridized carbons (Fsp3) is 1.00. The third kappa shape index (κ3) is 2.67. The highest BCUT2D eigenvalue weighted by molar-refractivity contribution is 4.98. The molecule has 2 unspecified atom stereocenters. The molecule has 6 heteroatoms. The summed E-state index contributed by atoms with van der Waals surface area (Å²) in [4.78, 5) is 0. The molecule has 0 aliphatic carbocycles. The number of nitrogens with one attached hydrogen (secondary N) is 1. The van der Waals surface area contributed by atoms with Crippen molar-refractivity contribution in [3.8, 4) is 0 Å². The Balaban J connectivity index is 1.94. The summed E-state index contributed by atoms with van der Waals surface area (Å²) in [6, 6.07) is -0.245. The van der Waals surface area contributed by atoms with E-state index in [1.165, 1.54) is 0 Å². The number of alkyl halides is 3. The SMILES string of the molecule is FC(F)(F)CCC1NCCOC12CCOC2. The van der Waals surface area contributed by atoms with Crippen LogP contribution in [0.2, 0.25) is 0 Å². The molecule has 2 saturated heterocycles. The van der Waals surface area contributed by atoms with Crippen LogP contribution in [0.15, 0.2) is 0 Å². The van der Waals surface area contributed by atoms with E-state index in [1.807, 2.05) is 0 Å². The molecule has 1 N–H and O–H groups in total. The molecule has 2 aliphatic heterocycles. The van der Waals surface area contributed by atoms with Crippen molar-refractivity contribution in [3.05, 3.63) is 0 Å². The van der Waals surface area contributed by atoms with Gasteiger partial charge in [-0.3, -0.25) is 0 Å². The summed E-state index contributed by atoms with van der Waals surface area (Å²) >= 11 is 0. The van der Waals surface area contributed by atoms with Crippen LogP contribution in [0.25, 0.3) is 0 Å². The molecule has 2 aliphatic rings. The Kier molecular flexibility index (Phi) is 3.42.